The standard InChI is InChI=1S/C22H17ClFN5O2/c23-15-7-3-13(4-8-15)17-12-18(14-5-9-16(24)10-6-14)29-22(25-17)27-21(28-29)26-20(30)19-2-1-11-31-19/h1-11,17-18H,12H2,(H2,25,26,27,28,30)/t17-,18-/m0/s1. The van der Waals surface area contributed by atoms with Crippen LogP contribution in [0.1, 0.15) is 40.2 Å². The number of nitrogens with zero attached hydrogens (tertiary/aromatic N) is 3. The number of rotatable bonds is 4. The van der Waals surface area contributed by atoms with Gasteiger partial charge in [-0.25, -0.2) is 9.07 Å². The van der Waals surface area contributed by atoms with Crippen LogP contribution in [0.2, 0.25) is 5.02 Å². The van der Waals surface area contributed by atoms with Gasteiger partial charge in [0.15, 0.2) is 5.76 Å². The molecule has 0 unspecified atom stereocenters. The molecular weight excluding hydrogens is 421 g/mol. The van der Waals surface area contributed by atoms with Gasteiger partial charge in [0.1, 0.15) is 5.82 Å². The third-order valence-corrected chi connectivity index (χ3v) is 5.44. The maximum Gasteiger partial charge on any atom is 0.293 e. The number of carbonyl (C=O) groups excluding carboxylic acids is 1. The zero-order valence-corrected chi connectivity index (χ0v) is 16.9. The fourth-order valence-electron chi connectivity index (χ4n) is 3.68. The number of amides is 1. The van der Waals surface area contributed by atoms with Crippen molar-refractivity contribution in [3.05, 3.63) is 94.7 Å². The van der Waals surface area contributed by atoms with Crippen molar-refractivity contribution in [2.45, 2.75) is 18.5 Å². The van der Waals surface area contributed by atoms with Crippen LogP contribution in [0, 0.1) is 5.82 Å². The molecule has 4 aromatic rings. The van der Waals surface area contributed by atoms with Gasteiger partial charge < -0.3 is 9.73 Å². The Morgan fingerprint density at radius 3 is 2.58 bits per heavy atom. The molecule has 31 heavy (non-hydrogen) atoms. The monoisotopic (exact) mass is 437 g/mol. The minimum Gasteiger partial charge on any atom is -0.459 e. The van der Waals surface area contributed by atoms with Crippen LogP contribution in [-0.2, 0) is 0 Å². The highest BCUT2D eigenvalue weighted by Crippen LogP contribution is 2.38. The lowest BCUT2D eigenvalue weighted by molar-refractivity contribution is 0.0995. The number of furan rings is 1. The minimum atomic E-state index is -0.444. The van der Waals surface area contributed by atoms with Crippen LogP contribution in [-0.4, -0.2) is 20.7 Å². The first kappa shape index (κ1) is 19.3. The van der Waals surface area contributed by atoms with E-state index in [0.717, 1.165) is 11.1 Å². The van der Waals surface area contributed by atoms with E-state index in [2.05, 4.69) is 20.7 Å². The molecule has 2 atom stereocenters. The maximum absolute atomic E-state index is 13.5. The summed E-state index contributed by atoms with van der Waals surface area (Å²) in [6.45, 7) is 0. The molecule has 2 aromatic carbocycles. The van der Waals surface area contributed by atoms with Crippen molar-refractivity contribution < 1.29 is 13.6 Å². The lowest BCUT2D eigenvalue weighted by Crippen LogP contribution is -2.28. The topological polar surface area (TPSA) is 85.0 Å². The van der Waals surface area contributed by atoms with Crippen LogP contribution in [0.15, 0.2) is 71.3 Å². The van der Waals surface area contributed by atoms with Crippen LogP contribution in [0.5, 0.6) is 0 Å². The molecule has 2 N–H and O–H groups in total. The first-order chi connectivity index (χ1) is 15.1. The lowest BCUT2D eigenvalue weighted by Gasteiger charge is -2.31. The van der Waals surface area contributed by atoms with E-state index in [9.17, 15) is 9.18 Å². The summed E-state index contributed by atoms with van der Waals surface area (Å²) in [6, 6.07) is 16.8. The second-order valence-corrected chi connectivity index (χ2v) is 7.62. The highest BCUT2D eigenvalue weighted by Gasteiger charge is 2.31. The number of benzene rings is 2. The van der Waals surface area contributed by atoms with E-state index in [1.54, 1.807) is 28.9 Å². The lowest BCUT2D eigenvalue weighted by atomic mass is 9.93. The number of anilines is 2. The van der Waals surface area contributed by atoms with E-state index in [4.69, 9.17) is 16.0 Å². The Morgan fingerprint density at radius 1 is 1.13 bits per heavy atom. The van der Waals surface area contributed by atoms with Crippen molar-refractivity contribution in [2.24, 2.45) is 0 Å². The molecule has 0 saturated heterocycles. The van der Waals surface area contributed by atoms with Gasteiger partial charge in [0.05, 0.1) is 18.3 Å². The number of carbonyl (C=O) groups is 1. The number of hydrogen-bond acceptors (Lipinski definition) is 5. The van der Waals surface area contributed by atoms with Gasteiger partial charge in [-0.15, -0.1) is 5.10 Å². The van der Waals surface area contributed by atoms with Crippen molar-refractivity contribution in [1.82, 2.24) is 14.8 Å². The molecule has 0 saturated carbocycles. The molecule has 0 spiro atoms. The number of halogens is 2. The number of fused-ring (bicyclic) bond motifs is 1. The quantitative estimate of drug-likeness (QED) is 0.466. The second kappa shape index (κ2) is 7.88. The molecule has 0 radical (unpaired) electrons. The Morgan fingerprint density at radius 2 is 1.87 bits per heavy atom. The summed E-state index contributed by atoms with van der Waals surface area (Å²) in [5.74, 6) is 0.0515. The van der Waals surface area contributed by atoms with E-state index in [1.165, 1.54) is 18.4 Å². The van der Waals surface area contributed by atoms with Gasteiger partial charge in [-0.1, -0.05) is 35.9 Å². The average molecular weight is 438 g/mol. The highest BCUT2D eigenvalue weighted by molar-refractivity contribution is 6.30. The van der Waals surface area contributed by atoms with E-state index in [-0.39, 0.29) is 29.6 Å². The van der Waals surface area contributed by atoms with E-state index < -0.39 is 5.91 Å². The third-order valence-electron chi connectivity index (χ3n) is 5.19. The summed E-state index contributed by atoms with van der Waals surface area (Å²) < 4.78 is 20.3. The first-order valence-corrected chi connectivity index (χ1v) is 10.0. The maximum atomic E-state index is 13.5. The zero-order valence-electron chi connectivity index (χ0n) is 16.1. The normalized spacial score (nSPS) is 17.6. The Hall–Kier alpha value is -3.65. The highest BCUT2D eigenvalue weighted by atomic mass is 35.5. The predicted octanol–water partition coefficient (Wildman–Crippen LogP) is 5.06. The molecule has 1 aliphatic rings. The molecule has 0 fully saturated rings. The average Bonchev–Trinajstić information content (AvgIpc) is 3.44. The molecule has 0 aliphatic carbocycles. The van der Waals surface area contributed by atoms with Gasteiger partial charge in [0, 0.05) is 5.02 Å². The molecule has 2 aromatic heterocycles. The summed E-state index contributed by atoms with van der Waals surface area (Å²) >= 11 is 6.03. The Bertz CT molecular complexity index is 1210. The number of aromatic nitrogens is 3. The summed E-state index contributed by atoms with van der Waals surface area (Å²) in [5.41, 5.74) is 1.92. The second-order valence-electron chi connectivity index (χ2n) is 7.19. The molecule has 3 heterocycles. The summed E-state index contributed by atoms with van der Waals surface area (Å²) in [6.07, 6.45) is 2.07. The minimum absolute atomic E-state index is 0.0716. The molecule has 156 valence electrons. The zero-order chi connectivity index (χ0) is 21.4. The summed E-state index contributed by atoms with van der Waals surface area (Å²) in [7, 11) is 0. The van der Waals surface area contributed by atoms with Gasteiger partial charge in [0.25, 0.3) is 11.9 Å². The smallest absolute Gasteiger partial charge is 0.293 e. The largest absolute Gasteiger partial charge is 0.459 e. The van der Waals surface area contributed by atoms with Crippen molar-refractivity contribution >= 4 is 29.4 Å². The molecule has 1 amide bonds. The van der Waals surface area contributed by atoms with Crippen molar-refractivity contribution in [2.75, 3.05) is 10.6 Å². The van der Waals surface area contributed by atoms with E-state index in [0.29, 0.717) is 17.4 Å². The van der Waals surface area contributed by atoms with Crippen molar-refractivity contribution in [3.8, 4) is 0 Å². The molecule has 5 rings (SSSR count). The van der Waals surface area contributed by atoms with Gasteiger partial charge >= 0.3 is 0 Å². The Kier molecular flexibility index (Phi) is 4.91. The molecular formula is C22H17ClFN5O2. The fraction of sp³-hybridized carbons (Fsp3) is 0.136. The predicted molar refractivity (Wildman–Crippen MR) is 114 cm³/mol. The molecule has 7 nitrogen and oxygen atoms in total. The van der Waals surface area contributed by atoms with Crippen molar-refractivity contribution in [3.63, 3.8) is 0 Å². The molecule has 1 aliphatic heterocycles. The molecule has 9 heteroatoms. The van der Waals surface area contributed by atoms with E-state index >= 15 is 0 Å². The number of hydrogen-bond donors (Lipinski definition) is 2. The number of nitrogens with one attached hydrogen (secondary N) is 2. The van der Waals surface area contributed by atoms with Gasteiger partial charge in [-0.05, 0) is 53.9 Å². The Labute approximate surface area is 181 Å². The molecule has 0 bridgehead atoms. The van der Waals surface area contributed by atoms with Crippen LogP contribution in [0.3, 0.4) is 0 Å². The van der Waals surface area contributed by atoms with Crippen molar-refractivity contribution in [1.29, 1.82) is 0 Å². The van der Waals surface area contributed by atoms with Gasteiger partial charge in [-0.3, -0.25) is 10.1 Å². The van der Waals surface area contributed by atoms with Crippen LogP contribution < -0.4 is 10.6 Å². The summed E-state index contributed by atoms with van der Waals surface area (Å²) in [5, 5.41) is 11.2. The van der Waals surface area contributed by atoms with Gasteiger partial charge in [-0.2, -0.15) is 4.98 Å². The van der Waals surface area contributed by atoms with Crippen LogP contribution in [0.25, 0.3) is 0 Å². The fourth-order valence-corrected chi connectivity index (χ4v) is 3.80. The third kappa shape index (κ3) is 3.89. The Balaban J connectivity index is 1.50. The first-order valence-electron chi connectivity index (χ1n) is 9.66. The SMILES string of the molecule is O=C(Nc1nc2n(n1)[C@H](c1ccc(F)cc1)C[C@@H](c1ccc(Cl)cc1)N2)c1ccco1. The van der Waals surface area contributed by atoms with Crippen LogP contribution in [0.4, 0.5) is 16.3 Å². The van der Waals surface area contributed by atoms with E-state index in [1.807, 2.05) is 24.3 Å². The summed E-state index contributed by atoms with van der Waals surface area (Å²) in [4.78, 5) is 16.8. The van der Waals surface area contributed by atoms with Gasteiger partial charge in [0.2, 0.25) is 5.95 Å². The van der Waals surface area contributed by atoms with Crippen LogP contribution >= 0.6 is 11.6 Å².